The predicted molar refractivity (Wildman–Crippen MR) is 79.2 cm³/mol. The highest BCUT2D eigenvalue weighted by atomic mass is 35.5. The molecule has 0 spiro atoms. The Hall–Kier alpha value is -0.840. The highest BCUT2D eigenvalue weighted by Gasteiger charge is 2.13. The van der Waals surface area contributed by atoms with Gasteiger partial charge in [0.25, 0.3) is 0 Å². The van der Waals surface area contributed by atoms with Gasteiger partial charge in [0.05, 0.1) is 5.02 Å². The lowest BCUT2D eigenvalue weighted by Gasteiger charge is -2.10. The molecule has 19 heavy (non-hydrogen) atoms. The molecule has 0 unspecified atom stereocenters. The SMILES string of the molecule is Cc1c(Cl)nc(C(C)C)nc1Sc1ccc(Cl)cn1. The molecule has 2 aromatic rings. The third kappa shape index (κ3) is 3.59. The van der Waals surface area contributed by atoms with Gasteiger partial charge in [-0.05, 0) is 30.8 Å². The molecule has 0 amide bonds. The average molecular weight is 314 g/mol. The van der Waals surface area contributed by atoms with E-state index in [1.165, 1.54) is 11.8 Å². The van der Waals surface area contributed by atoms with Crippen molar-refractivity contribution in [2.75, 3.05) is 0 Å². The summed E-state index contributed by atoms with van der Waals surface area (Å²) in [6.07, 6.45) is 1.62. The van der Waals surface area contributed by atoms with E-state index < -0.39 is 0 Å². The van der Waals surface area contributed by atoms with Crippen LogP contribution in [0.25, 0.3) is 0 Å². The minimum Gasteiger partial charge on any atom is -0.248 e. The summed E-state index contributed by atoms with van der Waals surface area (Å²) >= 11 is 13.4. The molecular weight excluding hydrogens is 301 g/mol. The Bertz CT molecular complexity index is 585. The van der Waals surface area contributed by atoms with Gasteiger partial charge in [0.1, 0.15) is 21.0 Å². The number of rotatable bonds is 3. The van der Waals surface area contributed by atoms with Crippen molar-refractivity contribution >= 4 is 35.0 Å². The predicted octanol–water partition coefficient (Wildman–Crippen LogP) is 4.76. The van der Waals surface area contributed by atoms with Gasteiger partial charge in [-0.25, -0.2) is 15.0 Å². The van der Waals surface area contributed by atoms with Crippen molar-refractivity contribution in [1.29, 1.82) is 0 Å². The molecule has 0 fully saturated rings. The zero-order valence-corrected chi connectivity index (χ0v) is 13.1. The summed E-state index contributed by atoms with van der Waals surface area (Å²) in [6, 6.07) is 3.66. The molecular formula is C13H13Cl2N3S. The molecule has 3 nitrogen and oxygen atoms in total. The third-order valence-electron chi connectivity index (χ3n) is 2.48. The van der Waals surface area contributed by atoms with E-state index in [-0.39, 0.29) is 5.92 Å². The van der Waals surface area contributed by atoms with Crippen LogP contribution in [0, 0.1) is 6.92 Å². The maximum atomic E-state index is 6.15. The summed E-state index contributed by atoms with van der Waals surface area (Å²) < 4.78 is 0. The van der Waals surface area contributed by atoms with Gasteiger partial charge >= 0.3 is 0 Å². The molecule has 0 aromatic carbocycles. The van der Waals surface area contributed by atoms with E-state index in [2.05, 4.69) is 15.0 Å². The minimum absolute atomic E-state index is 0.232. The van der Waals surface area contributed by atoms with E-state index in [1.54, 1.807) is 12.3 Å². The molecule has 100 valence electrons. The summed E-state index contributed by atoms with van der Waals surface area (Å²) in [5, 5.41) is 2.77. The van der Waals surface area contributed by atoms with Crippen LogP contribution < -0.4 is 0 Å². The Balaban J connectivity index is 2.36. The van der Waals surface area contributed by atoms with E-state index in [4.69, 9.17) is 23.2 Å². The second-order valence-electron chi connectivity index (χ2n) is 4.37. The first-order chi connectivity index (χ1) is 8.97. The van der Waals surface area contributed by atoms with Gasteiger partial charge in [0.2, 0.25) is 0 Å². The molecule has 2 heterocycles. The Labute approximate surface area is 126 Å². The first-order valence-corrected chi connectivity index (χ1v) is 7.38. The summed E-state index contributed by atoms with van der Waals surface area (Å²) in [7, 11) is 0. The van der Waals surface area contributed by atoms with E-state index in [0.29, 0.717) is 10.2 Å². The zero-order valence-electron chi connectivity index (χ0n) is 10.8. The standard InChI is InChI=1S/C13H13Cl2N3S/c1-7(2)12-17-11(15)8(3)13(18-12)19-10-5-4-9(14)6-16-10/h4-7H,1-3H3. The molecule has 2 rings (SSSR count). The van der Waals surface area contributed by atoms with Gasteiger partial charge in [-0.1, -0.05) is 37.0 Å². The van der Waals surface area contributed by atoms with Crippen LogP contribution in [0.2, 0.25) is 10.2 Å². The van der Waals surface area contributed by atoms with Crippen LogP contribution in [0.1, 0.15) is 31.2 Å². The van der Waals surface area contributed by atoms with Crippen LogP contribution in [-0.2, 0) is 0 Å². The number of halogens is 2. The highest BCUT2D eigenvalue weighted by molar-refractivity contribution is 7.99. The van der Waals surface area contributed by atoms with Crippen molar-refractivity contribution in [2.45, 2.75) is 36.7 Å². The molecule has 0 saturated heterocycles. The first kappa shape index (κ1) is 14.6. The van der Waals surface area contributed by atoms with E-state index in [9.17, 15) is 0 Å². The van der Waals surface area contributed by atoms with Gasteiger partial charge in [-0.15, -0.1) is 0 Å². The molecule has 0 aliphatic heterocycles. The first-order valence-electron chi connectivity index (χ1n) is 5.81. The fourth-order valence-electron chi connectivity index (χ4n) is 1.36. The van der Waals surface area contributed by atoms with Gasteiger partial charge in [0.15, 0.2) is 0 Å². The topological polar surface area (TPSA) is 38.7 Å². The van der Waals surface area contributed by atoms with Crippen LogP contribution in [0.5, 0.6) is 0 Å². The second-order valence-corrected chi connectivity index (χ2v) is 6.18. The lowest BCUT2D eigenvalue weighted by molar-refractivity contribution is 0.747. The number of nitrogens with zero attached hydrogens (tertiary/aromatic N) is 3. The molecule has 0 bridgehead atoms. The number of hydrogen-bond acceptors (Lipinski definition) is 4. The molecule has 0 aliphatic carbocycles. The monoisotopic (exact) mass is 313 g/mol. The van der Waals surface area contributed by atoms with Crippen molar-refractivity contribution in [1.82, 2.24) is 15.0 Å². The molecule has 2 aromatic heterocycles. The van der Waals surface area contributed by atoms with E-state index in [1.807, 2.05) is 26.8 Å². The van der Waals surface area contributed by atoms with Crippen LogP contribution in [0.15, 0.2) is 28.4 Å². The fraction of sp³-hybridized carbons (Fsp3) is 0.308. The molecule has 0 saturated carbocycles. The van der Waals surface area contributed by atoms with E-state index in [0.717, 1.165) is 21.4 Å². The van der Waals surface area contributed by atoms with Crippen LogP contribution in [-0.4, -0.2) is 15.0 Å². The highest BCUT2D eigenvalue weighted by Crippen LogP contribution is 2.31. The quantitative estimate of drug-likeness (QED) is 0.766. The van der Waals surface area contributed by atoms with Crippen LogP contribution in [0.4, 0.5) is 0 Å². The molecule has 0 radical (unpaired) electrons. The van der Waals surface area contributed by atoms with Crippen LogP contribution in [0.3, 0.4) is 0 Å². The fourth-order valence-corrected chi connectivity index (χ4v) is 2.54. The Morgan fingerprint density at radius 2 is 1.89 bits per heavy atom. The third-order valence-corrected chi connectivity index (χ3v) is 4.11. The Morgan fingerprint density at radius 3 is 2.47 bits per heavy atom. The average Bonchev–Trinajstić information content (AvgIpc) is 2.37. The van der Waals surface area contributed by atoms with Gasteiger partial charge in [-0.3, -0.25) is 0 Å². The van der Waals surface area contributed by atoms with Gasteiger partial charge in [-0.2, -0.15) is 0 Å². The number of pyridine rings is 1. The minimum atomic E-state index is 0.232. The summed E-state index contributed by atoms with van der Waals surface area (Å²) in [5.74, 6) is 0.975. The zero-order chi connectivity index (χ0) is 14.0. The number of hydrogen-bond donors (Lipinski definition) is 0. The van der Waals surface area contributed by atoms with E-state index >= 15 is 0 Å². The van der Waals surface area contributed by atoms with Crippen molar-refractivity contribution in [2.24, 2.45) is 0 Å². The van der Waals surface area contributed by atoms with Gasteiger partial charge < -0.3 is 0 Å². The molecule has 0 atom stereocenters. The maximum absolute atomic E-state index is 6.15. The van der Waals surface area contributed by atoms with Crippen molar-refractivity contribution in [3.63, 3.8) is 0 Å². The summed E-state index contributed by atoms with van der Waals surface area (Å²) in [5.41, 5.74) is 0.868. The summed E-state index contributed by atoms with van der Waals surface area (Å²) in [6.45, 7) is 5.98. The van der Waals surface area contributed by atoms with Crippen molar-refractivity contribution < 1.29 is 0 Å². The van der Waals surface area contributed by atoms with Crippen molar-refractivity contribution in [3.05, 3.63) is 39.9 Å². The Morgan fingerprint density at radius 1 is 1.16 bits per heavy atom. The van der Waals surface area contributed by atoms with Gasteiger partial charge in [0, 0.05) is 17.7 Å². The summed E-state index contributed by atoms with van der Waals surface area (Å²) in [4.78, 5) is 13.1. The molecule has 6 heteroatoms. The largest absolute Gasteiger partial charge is 0.248 e. The van der Waals surface area contributed by atoms with Crippen LogP contribution >= 0.6 is 35.0 Å². The maximum Gasteiger partial charge on any atom is 0.136 e. The number of aromatic nitrogens is 3. The normalized spacial score (nSPS) is 11.1. The Kier molecular flexibility index (Phi) is 4.66. The molecule has 0 aliphatic rings. The lowest BCUT2D eigenvalue weighted by atomic mass is 10.2. The van der Waals surface area contributed by atoms with Crippen molar-refractivity contribution in [3.8, 4) is 0 Å². The lowest BCUT2D eigenvalue weighted by Crippen LogP contribution is -2.01. The smallest absolute Gasteiger partial charge is 0.136 e. The molecule has 0 N–H and O–H groups in total. The second kappa shape index (κ2) is 6.07.